The van der Waals surface area contributed by atoms with Crippen molar-refractivity contribution >= 4 is 17.5 Å². The van der Waals surface area contributed by atoms with E-state index in [-0.39, 0.29) is 18.2 Å². The first-order valence-electron chi connectivity index (χ1n) is 6.81. The molecule has 0 fully saturated rings. The van der Waals surface area contributed by atoms with Crippen LogP contribution in [0.3, 0.4) is 0 Å². The van der Waals surface area contributed by atoms with Crippen LogP contribution in [-0.2, 0) is 4.79 Å². The van der Waals surface area contributed by atoms with E-state index >= 15 is 0 Å². The minimum absolute atomic E-state index is 0.0591. The molecular weight excluding hydrogens is 254 g/mol. The van der Waals surface area contributed by atoms with E-state index in [0.29, 0.717) is 30.3 Å². The Bertz CT molecular complexity index is 484. The summed E-state index contributed by atoms with van der Waals surface area (Å²) in [5.74, 6) is 0.111. The predicted molar refractivity (Wildman–Crippen MR) is 80.4 cm³/mol. The van der Waals surface area contributed by atoms with Gasteiger partial charge in [-0.3, -0.25) is 9.59 Å². The first kappa shape index (κ1) is 16.0. The third kappa shape index (κ3) is 4.91. The van der Waals surface area contributed by atoms with Gasteiger partial charge in [0, 0.05) is 25.2 Å². The topological polar surface area (TPSA) is 84.2 Å². The van der Waals surface area contributed by atoms with Gasteiger partial charge in [0.2, 0.25) is 5.91 Å². The molecule has 1 aromatic carbocycles. The van der Waals surface area contributed by atoms with Crippen molar-refractivity contribution in [3.63, 3.8) is 0 Å². The molecule has 0 atom stereocenters. The number of carbonyl (C=O) groups is 2. The van der Waals surface area contributed by atoms with Crippen molar-refractivity contribution in [3.8, 4) is 0 Å². The van der Waals surface area contributed by atoms with E-state index in [1.165, 1.54) is 0 Å². The predicted octanol–water partition coefficient (Wildman–Crippen LogP) is 1.47. The summed E-state index contributed by atoms with van der Waals surface area (Å²) in [4.78, 5) is 23.4. The number of para-hydroxylation sites is 1. The molecule has 0 saturated carbocycles. The van der Waals surface area contributed by atoms with Gasteiger partial charge in [0.05, 0.1) is 5.56 Å². The molecule has 0 aromatic heterocycles. The van der Waals surface area contributed by atoms with Crippen molar-refractivity contribution in [2.45, 2.75) is 27.2 Å². The standard InChI is InChI=1S/C15H23N3O2/c1-10(2)9-18-13(19)7-8-17-15(20)12-6-4-5-11(3)14(12)16/h4-6,10H,7-9,16H2,1-3H3,(H,17,20)(H,18,19). The van der Waals surface area contributed by atoms with Gasteiger partial charge >= 0.3 is 0 Å². The summed E-state index contributed by atoms with van der Waals surface area (Å²) in [6.07, 6.45) is 0.268. The second-order valence-corrected chi connectivity index (χ2v) is 5.24. The lowest BCUT2D eigenvalue weighted by Crippen LogP contribution is -2.32. The van der Waals surface area contributed by atoms with Crippen LogP contribution in [0, 0.1) is 12.8 Å². The molecule has 1 rings (SSSR count). The summed E-state index contributed by atoms with van der Waals surface area (Å²) >= 11 is 0. The van der Waals surface area contributed by atoms with E-state index in [1.54, 1.807) is 12.1 Å². The number of rotatable bonds is 6. The first-order chi connectivity index (χ1) is 9.41. The van der Waals surface area contributed by atoms with Crippen LogP contribution in [0.2, 0.25) is 0 Å². The number of aryl methyl sites for hydroxylation is 1. The van der Waals surface area contributed by atoms with Crippen molar-refractivity contribution < 1.29 is 9.59 Å². The molecule has 4 N–H and O–H groups in total. The number of nitrogens with one attached hydrogen (secondary N) is 2. The Morgan fingerprint density at radius 1 is 1.25 bits per heavy atom. The van der Waals surface area contributed by atoms with E-state index in [1.807, 2.05) is 26.8 Å². The number of hydrogen-bond donors (Lipinski definition) is 3. The molecule has 0 aliphatic rings. The van der Waals surface area contributed by atoms with Crippen molar-refractivity contribution in [1.82, 2.24) is 10.6 Å². The lowest BCUT2D eigenvalue weighted by molar-refractivity contribution is -0.121. The van der Waals surface area contributed by atoms with Gasteiger partial charge in [-0.2, -0.15) is 0 Å². The quantitative estimate of drug-likeness (QED) is 0.688. The molecule has 5 heteroatoms. The largest absolute Gasteiger partial charge is 0.398 e. The zero-order chi connectivity index (χ0) is 15.1. The van der Waals surface area contributed by atoms with E-state index in [4.69, 9.17) is 5.73 Å². The lowest BCUT2D eigenvalue weighted by atomic mass is 10.1. The molecule has 0 spiro atoms. The SMILES string of the molecule is Cc1cccc(C(=O)NCCC(=O)NCC(C)C)c1N. The normalized spacial score (nSPS) is 10.4. The molecule has 0 aliphatic heterocycles. The maximum atomic E-state index is 11.9. The molecule has 2 amide bonds. The minimum Gasteiger partial charge on any atom is -0.398 e. The lowest BCUT2D eigenvalue weighted by Gasteiger charge is -2.10. The van der Waals surface area contributed by atoms with Gasteiger partial charge in [0.25, 0.3) is 5.91 Å². The smallest absolute Gasteiger partial charge is 0.253 e. The number of anilines is 1. The third-order valence-electron chi connectivity index (χ3n) is 2.91. The molecule has 1 aromatic rings. The van der Waals surface area contributed by atoms with Gasteiger partial charge in [0.15, 0.2) is 0 Å². The highest BCUT2D eigenvalue weighted by Gasteiger charge is 2.11. The summed E-state index contributed by atoms with van der Waals surface area (Å²) in [7, 11) is 0. The van der Waals surface area contributed by atoms with Crippen LogP contribution < -0.4 is 16.4 Å². The third-order valence-corrected chi connectivity index (χ3v) is 2.91. The molecule has 20 heavy (non-hydrogen) atoms. The van der Waals surface area contributed by atoms with Crippen LogP contribution in [0.1, 0.15) is 36.2 Å². The van der Waals surface area contributed by atoms with Gasteiger partial charge in [-0.05, 0) is 24.5 Å². The summed E-state index contributed by atoms with van der Waals surface area (Å²) in [5, 5.41) is 5.51. The molecule has 0 unspecified atom stereocenters. The van der Waals surface area contributed by atoms with Crippen molar-refractivity contribution in [3.05, 3.63) is 29.3 Å². The highest BCUT2D eigenvalue weighted by molar-refractivity contribution is 5.99. The summed E-state index contributed by atoms with van der Waals surface area (Å²) in [6, 6.07) is 5.32. The number of nitrogens with two attached hydrogens (primary N) is 1. The fourth-order valence-corrected chi connectivity index (χ4v) is 1.67. The highest BCUT2D eigenvalue weighted by Crippen LogP contribution is 2.15. The Kier molecular flexibility index (Phi) is 6.03. The molecule has 0 aliphatic carbocycles. The summed E-state index contributed by atoms with van der Waals surface area (Å²) in [5.41, 5.74) is 7.66. The van der Waals surface area contributed by atoms with Crippen LogP contribution in [0.5, 0.6) is 0 Å². The van der Waals surface area contributed by atoms with E-state index in [9.17, 15) is 9.59 Å². The minimum atomic E-state index is -0.247. The molecular formula is C15H23N3O2. The molecule has 0 radical (unpaired) electrons. The Balaban J connectivity index is 2.40. The average Bonchev–Trinajstić information content (AvgIpc) is 2.39. The summed E-state index contributed by atoms with van der Waals surface area (Å²) in [6.45, 7) is 6.87. The fraction of sp³-hybridized carbons (Fsp3) is 0.467. The number of carbonyl (C=O) groups excluding carboxylic acids is 2. The van der Waals surface area contributed by atoms with E-state index < -0.39 is 0 Å². The second kappa shape index (κ2) is 7.53. The maximum Gasteiger partial charge on any atom is 0.253 e. The van der Waals surface area contributed by atoms with E-state index in [2.05, 4.69) is 10.6 Å². The zero-order valence-corrected chi connectivity index (χ0v) is 12.3. The Hall–Kier alpha value is -2.04. The molecule has 110 valence electrons. The Labute approximate surface area is 119 Å². The van der Waals surface area contributed by atoms with Crippen LogP contribution >= 0.6 is 0 Å². The van der Waals surface area contributed by atoms with Crippen molar-refractivity contribution in [1.29, 1.82) is 0 Å². The highest BCUT2D eigenvalue weighted by atomic mass is 16.2. The van der Waals surface area contributed by atoms with Crippen LogP contribution in [0.15, 0.2) is 18.2 Å². The molecule has 0 saturated heterocycles. The molecule has 0 bridgehead atoms. The van der Waals surface area contributed by atoms with Gasteiger partial charge in [-0.1, -0.05) is 26.0 Å². The number of benzene rings is 1. The zero-order valence-electron chi connectivity index (χ0n) is 12.3. The van der Waals surface area contributed by atoms with Gasteiger partial charge in [0.1, 0.15) is 0 Å². The maximum absolute atomic E-state index is 11.9. The van der Waals surface area contributed by atoms with Crippen LogP contribution in [-0.4, -0.2) is 24.9 Å². The summed E-state index contributed by atoms with van der Waals surface area (Å²) < 4.78 is 0. The number of amides is 2. The second-order valence-electron chi connectivity index (χ2n) is 5.24. The van der Waals surface area contributed by atoms with Crippen LogP contribution in [0.4, 0.5) is 5.69 Å². The van der Waals surface area contributed by atoms with Gasteiger partial charge in [-0.25, -0.2) is 0 Å². The van der Waals surface area contributed by atoms with Gasteiger partial charge in [-0.15, -0.1) is 0 Å². The monoisotopic (exact) mass is 277 g/mol. The Morgan fingerprint density at radius 2 is 1.95 bits per heavy atom. The average molecular weight is 277 g/mol. The molecule has 5 nitrogen and oxygen atoms in total. The fourth-order valence-electron chi connectivity index (χ4n) is 1.67. The van der Waals surface area contributed by atoms with Gasteiger partial charge < -0.3 is 16.4 Å². The van der Waals surface area contributed by atoms with E-state index in [0.717, 1.165) is 5.56 Å². The number of hydrogen-bond acceptors (Lipinski definition) is 3. The molecule has 0 heterocycles. The number of nitrogen functional groups attached to an aromatic ring is 1. The first-order valence-corrected chi connectivity index (χ1v) is 6.81. The Morgan fingerprint density at radius 3 is 2.60 bits per heavy atom. The van der Waals surface area contributed by atoms with Crippen molar-refractivity contribution in [2.24, 2.45) is 5.92 Å². The van der Waals surface area contributed by atoms with Crippen LogP contribution in [0.25, 0.3) is 0 Å². The van der Waals surface area contributed by atoms with Crippen molar-refractivity contribution in [2.75, 3.05) is 18.8 Å².